The van der Waals surface area contributed by atoms with Crippen LogP contribution < -0.4 is 16.8 Å². The molecule has 1 unspecified atom stereocenters. The number of thioether (sulfide) groups is 1. The highest BCUT2D eigenvalue weighted by Gasteiger charge is 1.99. The highest BCUT2D eigenvalue weighted by molar-refractivity contribution is 8.01. The molecule has 0 radical (unpaired) electrons. The molecule has 1 atom stereocenters. The summed E-state index contributed by atoms with van der Waals surface area (Å²) in [5, 5.41) is 5.53. The molecule has 4 nitrogen and oxygen atoms in total. The summed E-state index contributed by atoms with van der Waals surface area (Å²) in [6.07, 6.45) is 6.17. The van der Waals surface area contributed by atoms with Gasteiger partial charge in [0.25, 0.3) is 0 Å². The van der Waals surface area contributed by atoms with E-state index < -0.39 is 0 Å². The molecule has 0 aromatic heterocycles. The predicted molar refractivity (Wildman–Crippen MR) is 94.4 cm³/mol. The van der Waals surface area contributed by atoms with Gasteiger partial charge in [0.15, 0.2) is 5.96 Å². The number of aliphatic imine (C=N–C) groups is 1. The van der Waals surface area contributed by atoms with Crippen LogP contribution in [0.4, 0.5) is 0 Å². The van der Waals surface area contributed by atoms with Gasteiger partial charge in [-0.1, -0.05) is 30.3 Å². The van der Waals surface area contributed by atoms with E-state index in [0.29, 0.717) is 0 Å². The second kappa shape index (κ2) is 10.3. The van der Waals surface area contributed by atoms with Gasteiger partial charge in [-0.15, -0.1) is 11.8 Å². The standard InChI is InChI=1S/C16H26N4S/c1-13(20-16(17)18)9-10-19-12-15-7-5-14(6-8-15)4-3-11-21-2/h3,5-8,11,13,19H,4,9-10,12H2,1-2H3,(H4,17,18,20). The van der Waals surface area contributed by atoms with Crippen molar-refractivity contribution in [3.8, 4) is 0 Å². The third-order valence-electron chi connectivity index (χ3n) is 3.05. The molecule has 21 heavy (non-hydrogen) atoms. The van der Waals surface area contributed by atoms with Crippen LogP contribution in [0.3, 0.4) is 0 Å². The van der Waals surface area contributed by atoms with Crippen molar-refractivity contribution in [2.24, 2.45) is 16.5 Å². The first-order valence-corrected chi connectivity index (χ1v) is 8.45. The van der Waals surface area contributed by atoms with E-state index in [2.05, 4.69) is 52.3 Å². The van der Waals surface area contributed by atoms with E-state index in [0.717, 1.165) is 25.9 Å². The van der Waals surface area contributed by atoms with E-state index in [4.69, 9.17) is 11.5 Å². The summed E-state index contributed by atoms with van der Waals surface area (Å²) >= 11 is 1.73. The summed E-state index contributed by atoms with van der Waals surface area (Å²) in [4.78, 5) is 4.09. The molecular formula is C16H26N4S. The van der Waals surface area contributed by atoms with Crippen molar-refractivity contribution >= 4 is 17.7 Å². The molecular weight excluding hydrogens is 280 g/mol. The van der Waals surface area contributed by atoms with Crippen LogP contribution >= 0.6 is 11.8 Å². The van der Waals surface area contributed by atoms with Crippen LogP contribution in [-0.4, -0.2) is 24.8 Å². The van der Waals surface area contributed by atoms with Crippen LogP contribution in [0.2, 0.25) is 0 Å². The van der Waals surface area contributed by atoms with Crippen molar-refractivity contribution in [2.45, 2.75) is 32.4 Å². The fourth-order valence-electron chi connectivity index (χ4n) is 1.94. The van der Waals surface area contributed by atoms with Gasteiger partial charge >= 0.3 is 0 Å². The number of benzene rings is 1. The maximum absolute atomic E-state index is 5.35. The van der Waals surface area contributed by atoms with E-state index in [-0.39, 0.29) is 12.0 Å². The quantitative estimate of drug-likeness (QED) is 0.371. The molecule has 1 aromatic carbocycles. The number of rotatable bonds is 9. The lowest BCUT2D eigenvalue weighted by Gasteiger charge is -2.08. The van der Waals surface area contributed by atoms with Crippen LogP contribution in [0.1, 0.15) is 24.5 Å². The monoisotopic (exact) mass is 306 g/mol. The minimum absolute atomic E-state index is 0.160. The van der Waals surface area contributed by atoms with Crippen molar-refractivity contribution in [3.05, 3.63) is 46.9 Å². The number of allylic oxidation sites excluding steroid dienone is 1. The maximum Gasteiger partial charge on any atom is 0.186 e. The normalized spacial score (nSPS) is 12.5. The number of nitrogens with two attached hydrogens (primary N) is 2. The highest BCUT2D eigenvalue weighted by Crippen LogP contribution is 2.07. The molecule has 1 aromatic rings. The molecule has 5 N–H and O–H groups in total. The Morgan fingerprint density at radius 2 is 1.95 bits per heavy atom. The van der Waals surface area contributed by atoms with Gasteiger partial charge in [-0.3, -0.25) is 4.99 Å². The second-order valence-corrected chi connectivity index (χ2v) is 5.74. The molecule has 0 aliphatic rings. The van der Waals surface area contributed by atoms with Crippen molar-refractivity contribution in [2.75, 3.05) is 12.8 Å². The SMILES string of the molecule is CSC=CCc1ccc(CNCCC(C)N=C(N)N)cc1. The summed E-state index contributed by atoms with van der Waals surface area (Å²) in [5.41, 5.74) is 13.3. The number of nitrogens with zero attached hydrogens (tertiary/aromatic N) is 1. The molecule has 5 heteroatoms. The van der Waals surface area contributed by atoms with Gasteiger partial charge in [-0.25, -0.2) is 0 Å². The van der Waals surface area contributed by atoms with Gasteiger partial charge in [0.1, 0.15) is 0 Å². The van der Waals surface area contributed by atoms with Crippen LogP contribution in [0.15, 0.2) is 40.7 Å². The molecule has 1 rings (SSSR count). The summed E-state index contributed by atoms with van der Waals surface area (Å²) in [7, 11) is 0. The largest absolute Gasteiger partial charge is 0.370 e. The molecule has 116 valence electrons. The molecule has 0 saturated carbocycles. The molecule has 0 heterocycles. The van der Waals surface area contributed by atoms with E-state index in [9.17, 15) is 0 Å². The average molecular weight is 306 g/mol. The summed E-state index contributed by atoms with van der Waals surface area (Å²) in [6, 6.07) is 8.88. The van der Waals surface area contributed by atoms with E-state index in [1.165, 1.54) is 11.1 Å². The Hall–Kier alpha value is -1.46. The molecule has 0 aliphatic carbocycles. The Morgan fingerprint density at radius 3 is 2.57 bits per heavy atom. The smallest absolute Gasteiger partial charge is 0.186 e. The molecule has 0 aliphatic heterocycles. The maximum atomic E-state index is 5.35. The van der Waals surface area contributed by atoms with Gasteiger partial charge in [0.2, 0.25) is 0 Å². The predicted octanol–water partition coefficient (Wildman–Crippen LogP) is 2.25. The molecule has 0 bridgehead atoms. The summed E-state index contributed by atoms with van der Waals surface area (Å²) in [5.74, 6) is 0.161. The Labute approximate surface area is 132 Å². The molecule has 0 spiro atoms. The number of nitrogens with one attached hydrogen (secondary N) is 1. The number of guanidine groups is 1. The fourth-order valence-corrected chi connectivity index (χ4v) is 2.22. The lowest BCUT2D eigenvalue weighted by atomic mass is 10.1. The zero-order valence-corrected chi connectivity index (χ0v) is 13.7. The third kappa shape index (κ3) is 8.42. The first-order chi connectivity index (χ1) is 10.1. The Bertz CT molecular complexity index is 450. The second-order valence-electron chi connectivity index (χ2n) is 5.00. The zero-order chi connectivity index (χ0) is 15.5. The molecule has 0 fully saturated rings. The summed E-state index contributed by atoms with van der Waals surface area (Å²) in [6.45, 7) is 3.78. The number of hydrogen-bond donors (Lipinski definition) is 3. The minimum Gasteiger partial charge on any atom is -0.370 e. The van der Waals surface area contributed by atoms with Crippen LogP contribution in [0, 0.1) is 0 Å². The number of hydrogen-bond acceptors (Lipinski definition) is 3. The summed E-state index contributed by atoms with van der Waals surface area (Å²) < 4.78 is 0. The van der Waals surface area contributed by atoms with E-state index in [1.54, 1.807) is 11.8 Å². The van der Waals surface area contributed by atoms with Crippen LogP contribution in [0.25, 0.3) is 0 Å². The Kier molecular flexibility index (Phi) is 8.62. The Morgan fingerprint density at radius 1 is 1.29 bits per heavy atom. The van der Waals surface area contributed by atoms with Crippen molar-refractivity contribution in [3.63, 3.8) is 0 Å². The van der Waals surface area contributed by atoms with Crippen molar-refractivity contribution < 1.29 is 0 Å². The lowest BCUT2D eigenvalue weighted by molar-refractivity contribution is 0.590. The topological polar surface area (TPSA) is 76.4 Å². The Balaban J connectivity index is 2.26. The highest BCUT2D eigenvalue weighted by atomic mass is 32.2. The van der Waals surface area contributed by atoms with Gasteiger partial charge < -0.3 is 16.8 Å². The van der Waals surface area contributed by atoms with E-state index >= 15 is 0 Å². The first kappa shape index (κ1) is 17.6. The minimum atomic E-state index is 0.160. The third-order valence-corrected chi connectivity index (χ3v) is 3.51. The van der Waals surface area contributed by atoms with Gasteiger partial charge in [-0.2, -0.15) is 0 Å². The van der Waals surface area contributed by atoms with Gasteiger partial charge in [0, 0.05) is 6.54 Å². The van der Waals surface area contributed by atoms with Crippen LogP contribution in [0.5, 0.6) is 0 Å². The van der Waals surface area contributed by atoms with E-state index in [1.807, 2.05) is 6.92 Å². The lowest BCUT2D eigenvalue weighted by Crippen LogP contribution is -2.26. The van der Waals surface area contributed by atoms with Crippen molar-refractivity contribution in [1.29, 1.82) is 0 Å². The van der Waals surface area contributed by atoms with Crippen LogP contribution in [-0.2, 0) is 13.0 Å². The fraction of sp³-hybridized carbons (Fsp3) is 0.438. The zero-order valence-electron chi connectivity index (χ0n) is 12.9. The first-order valence-electron chi connectivity index (χ1n) is 7.17. The molecule has 0 amide bonds. The molecule has 0 saturated heterocycles. The average Bonchev–Trinajstić information content (AvgIpc) is 2.45. The van der Waals surface area contributed by atoms with Gasteiger partial charge in [0.05, 0.1) is 6.04 Å². The van der Waals surface area contributed by atoms with Gasteiger partial charge in [-0.05, 0) is 49.1 Å². The van der Waals surface area contributed by atoms with Crippen molar-refractivity contribution in [1.82, 2.24) is 5.32 Å².